The van der Waals surface area contributed by atoms with Crippen molar-refractivity contribution in [3.8, 4) is 0 Å². The first-order chi connectivity index (χ1) is 11.8. The Kier molecular flexibility index (Phi) is 4.64. The molecule has 1 saturated heterocycles. The summed E-state index contributed by atoms with van der Waals surface area (Å²) in [5.41, 5.74) is 0.281. The van der Waals surface area contributed by atoms with E-state index in [2.05, 4.69) is 41.0 Å². The molecular weight excluding hydrogens is 322 g/mol. The van der Waals surface area contributed by atoms with Gasteiger partial charge in [-0.3, -0.25) is 24.5 Å². The van der Waals surface area contributed by atoms with Gasteiger partial charge in [-0.05, 0) is 12.3 Å². The van der Waals surface area contributed by atoms with Crippen molar-refractivity contribution >= 4 is 23.0 Å². The summed E-state index contributed by atoms with van der Waals surface area (Å²) >= 11 is 0. The number of H-pyrrole nitrogens is 1. The van der Waals surface area contributed by atoms with E-state index in [-0.39, 0.29) is 47.1 Å². The highest BCUT2D eigenvalue weighted by molar-refractivity contribution is 5.91. The van der Waals surface area contributed by atoms with Gasteiger partial charge in [-0.1, -0.05) is 34.6 Å². The summed E-state index contributed by atoms with van der Waals surface area (Å²) in [5, 5.41) is 2.63. The van der Waals surface area contributed by atoms with Crippen molar-refractivity contribution in [2.75, 3.05) is 5.32 Å². The third-order valence-corrected chi connectivity index (χ3v) is 5.05. The van der Waals surface area contributed by atoms with E-state index in [0.29, 0.717) is 11.6 Å². The van der Waals surface area contributed by atoms with Crippen molar-refractivity contribution in [3.05, 3.63) is 16.7 Å². The van der Waals surface area contributed by atoms with Crippen LogP contribution >= 0.6 is 0 Å². The Labute approximate surface area is 146 Å². The average molecular weight is 347 g/mol. The van der Waals surface area contributed by atoms with Crippen LogP contribution in [-0.4, -0.2) is 31.5 Å². The van der Waals surface area contributed by atoms with Gasteiger partial charge in [0.15, 0.2) is 11.2 Å². The number of anilines is 1. The number of nitrogens with one attached hydrogen (secondary N) is 2. The summed E-state index contributed by atoms with van der Waals surface area (Å²) in [4.78, 5) is 35.3. The highest BCUT2D eigenvalue weighted by atomic mass is 16.5. The second-order valence-electron chi connectivity index (χ2n) is 7.07. The molecule has 8 nitrogen and oxygen atoms in total. The first-order valence-corrected chi connectivity index (χ1v) is 8.76. The fourth-order valence-electron chi connectivity index (χ4n) is 3.24. The smallest absolute Gasteiger partial charge is 0.280 e. The summed E-state index contributed by atoms with van der Waals surface area (Å²) in [6.45, 7) is 9.95. The van der Waals surface area contributed by atoms with E-state index in [1.807, 2.05) is 0 Å². The molecule has 1 aliphatic rings. The van der Waals surface area contributed by atoms with Crippen LogP contribution in [0.3, 0.4) is 0 Å². The van der Waals surface area contributed by atoms with E-state index in [0.717, 1.165) is 6.42 Å². The van der Waals surface area contributed by atoms with Crippen LogP contribution in [0.1, 0.15) is 47.3 Å². The predicted molar refractivity (Wildman–Crippen MR) is 94.1 cm³/mol. The molecule has 0 bridgehead atoms. The Bertz CT molecular complexity index is 840. The van der Waals surface area contributed by atoms with Gasteiger partial charge in [0.05, 0.1) is 12.4 Å². The van der Waals surface area contributed by atoms with Crippen molar-refractivity contribution in [1.82, 2.24) is 19.5 Å². The van der Waals surface area contributed by atoms with Crippen molar-refractivity contribution in [3.63, 3.8) is 0 Å². The van der Waals surface area contributed by atoms with Crippen LogP contribution in [0.2, 0.25) is 0 Å². The lowest BCUT2D eigenvalue weighted by Crippen LogP contribution is -2.23. The van der Waals surface area contributed by atoms with Gasteiger partial charge in [0.2, 0.25) is 11.9 Å². The fraction of sp³-hybridized carbons (Fsp3) is 0.647. The molecule has 2 N–H and O–H groups in total. The van der Waals surface area contributed by atoms with Gasteiger partial charge in [-0.2, -0.15) is 4.98 Å². The van der Waals surface area contributed by atoms with E-state index >= 15 is 0 Å². The number of nitrogens with zero attached hydrogens (tertiary/aromatic N) is 3. The number of rotatable bonds is 4. The molecule has 4 unspecified atom stereocenters. The molecule has 136 valence electrons. The van der Waals surface area contributed by atoms with Gasteiger partial charge in [0, 0.05) is 11.8 Å². The van der Waals surface area contributed by atoms with Gasteiger partial charge < -0.3 is 4.74 Å². The number of aromatic nitrogens is 4. The number of hydrogen-bond donors (Lipinski definition) is 2. The van der Waals surface area contributed by atoms with E-state index in [1.165, 1.54) is 0 Å². The molecule has 0 saturated carbocycles. The monoisotopic (exact) mass is 347 g/mol. The van der Waals surface area contributed by atoms with Gasteiger partial charge >= 0.3 is 0 Å². The Morgan fingerprint density at radius 1 is 1.40 bits per heavy atom. The van der Waals surface area contributed by atoms with Crippen LogP contribution in [0.15, 0.2) is 11.1 Å². The van der Waals surface area contributed by atoms with Gasteiger partial charge in [-0.15, -0.1) is 0 Å². The minimum Gasteiger partial charge on any atom is -0.354 e. The number of carbonyl (C=O) groups excluding carboxylic acids is 1. The SMILES string of the molecule is CCC1OC(n2cnc3c(=O)[nH]c(NC(=O)C(C)C)nc32)C(C)C1C. The predicted octanol–water partition coefficient (Wildman–Crippen LogP) is 2.29. The first kappa shape index (κ1) is 17.6. The number of imidazole rings is 1. The van der Waals surface area contributed by atoms with E-state index in [4.69, 9.17) is 4.74 Å². The standard InChI is InChI=1S/C17H25N5O3/c1-6-11-9(4)10(5)16(25-11)22-7-18-12-13(22)19-17(21-15(12)24)20-14(23)8(2)3/h7-11,16H,6H2,1-5H3,(H2,19,20,21,23,24). The Balaban J connectivity index is 2.01. The fourth-order valence-corrected chi connectivity index (χ4v) is 3.24. The number of hydrogen-bond acceptors (Lipinski definition) is 5. The second-order valence-corrected chi connectivity index (χ2v) is 7.07. The van der Waals surface area contributed by atoms with Crippen molar-refractivity contribution < 1.29 is 9.53 Å². The maximum Gasteiger partial charge on any atom is 0.280 e. The molecule has 1 amide bonds. The zero-order chi connectivity index (χ0) is 18.3. The van der Waals surface area contributed by atoms with E-state index in [9.17, 15) is 9.59 Å². The minimum absolute atomic E-state index is 0.128. The number of fused-ring (bicyclic) bond motifs is 1. The number of aromatic amines is 1. The van der Waals surface area contributed by atoms with Crippen LogP contribution in [0.5, 0.6) is 0 Å². The molecule has 2 aromatic rings. The molecule has 25 heavy (non-hydrogen) atoms. The maximum atomic E-state index is 12.3. The minimum atomic E-state index is -0.381. The molecule has 0 radical (unpaired) electrons. The molecule has 2 aromatic heterocycles. The Morgan fingerprint density at radius 3 is 2.72 bits per heavy atom. The normalized spacial score (nSPS) is 26.5. The lowest BCUT2D eigenvalue weighted by atomic mass is 9.91. The van der Waals surface area contributed by atoms with Crippen molar-refractivity contribution in [1.29, 1.82) is 0 Å². The lowest BCUT2D eigenvalue weighted by Gasteiger charge is -2.18. The molecule has 0 aromatic carbocycles. The molecule has 0 aliphatic carbocycles. The number of ether oxygens (including phenoxy) is 1. The second kappa shape index (κ2) is 6.59. The highest BCUT2D eigenvalue weighted by Gasteiger charge is 2.39. The molecular formula is C17H25N5O3. The highest BCUT2D eigenvalue weighted by Crippen LogP contribution is 2.40. The zero-order valence-electron chi connectivity index (χ0n) is 15.2. The summed E-state index contributed by atoms with van der Waals surface area (Å²) in [6, 6.07) is 0. The quantitative estimate of drug-likeness (QED) is 0.883. The molecule has 1 aliphatic heterocycles. The van der Waals surface area contributed by atoms with Crippen LogP contribution < -0.4 is 10.9 Å². The molecule has 3 rings (SSSR count). The number of amides is 1. The molecule has 1 fully saturated rings. The summed E-state index contributed by atoms with van der Waals surface area (Å²) in [6.07, 6.45) is 2.46. The van der Waals surface area contributed by atoms with Crippen molar-refractivity contribution in [2.45, 2.75) is 53.4 Å². The third-order valence-electron chi connectivity index (χ3n) is 5.05. The lowest BCUT2D eigenvalue weighted by molar-refractivity contribution is -0.118. The van der Waals surface area contributed by atoms with Gasteiger partial charge in [-0.25, -0.2) is 4.98 Å². The molecule has 8 heteroatoms. The van der Waals surface area contributed by atoms with Crippen LogP contribution in [0, 0.1) is 17.8 Å². The molecule has 0 spiro atoms. The van der Waals surface area contributed by atoms with Crippen LogP contribution in [0.4, 0.5) is 5.95 Å². The Hall–Kier alpha value is -2.22. The topological polar surface area (TPSA) is 102 Å². The summed E-state index contributed by atoms with van der Waals surface area (Å²) in [7, 11) is 0. The molecule has 4 atom stereocenters. The average Bonchev–Trinajstić information content (AvgIpc) is 3.10. The van der Waals surface area contributed by atoms with E-state index < -0.39 is 0 Å². The third kappa shape index (κ3) is 3.06. The van der Waals surface area contributed by atoms with Crippen molar-refractivity contribution in [2.24, 2.45) is 17.8 Å². The van der Waals surface area contributed by atoms with Crippen LogP contribution in [-0.2, 0) is 9.53 Å². The van der Waals surface area contributed by atoms with Crippen LogP contribution in [0.25, 0.3) is 11.2 Å². The van der Waals surface area contributed by atoms with Gasteiger partial charge in [0.1, 0.15) is 6.23 Å². The molecule has 3 heterocycles. The largest absolute Gasteiger partial charge is 0.354 e. The summed E-state index contributed by atoms with van der Waals surface area (Å²) in [5.74, 6) is 0.365. The number of carbonyl (C=O) groups is 1. The first-order valence-electron chi connectivity index (χ1n) is 8.76. The van der Waals surface area contributed by atoms with E-state index in [1.54, 1.807) is 24.7 Å². The Morgan fingerprint density at radius 2 is 2.12 bits per heavy atom. The van der Waals surface area contributed by atoms with Gasteiger partial charge in [0.25, 0.3) is 5.56 Å². The zero-order valence-corrected chi connectivity index (χ0v) is 15.2. The summed E-state index contributed by atoms with van der Waals surface area (Å²) < 4.78 is 7.97. The maximum absolute atomic E-state index is 12.3.